The number of nitrogens with one attached hydrogen (secondary N) is 1. The minimum atomic E-state index is -0.0812. The Kier molecular flexibility index (Phi) is 6.36. The predicted octanol–water partition coefficient (Wildman–Crippen LogP) is 1.57. The van der Waals surface area contributed by atoms with Crippen LogP contribution in [0.1, 0.15) is 25.8 Å². The van der Waals surface area contributed by atoms with Gasteiger partial charge in [0.25, 0.3) is 0 Å². The molecular weight excluding hydrogens is 280 g/mol. The molecule has 1 aliphatic heterocycles. The van der Waals surface area contributed by atoms with Gasteiger partial charge in [0.2, 0.25) is 5.91 Å². The number of hydroxylamine groups is 1. The first kappa shape index (κ1) is 16.9. The van der Waals surface area contributed by atoms with Gasteiger partial charge in [-0.05, 0) is 17.9 Å². The molecule has 1 saturated heterocycles. The van der Waals surface area contributed by atoms with E-state index in [0.29, 0.717) is 25.6 Å². The summed E-state index contributed by atoms with van der Waals surface area (Å²) in [6.45, 7) is 5.68. The molecule has 2 rings (SSSR count). The van der Waals surface area contributed by atoms with Gasteiger partial charge >= 0.3 is 0 Å². The summed E-state index contributed by atoms with van der Waals surface area (Å²) in [5.74, 6) is 0.479. The molecule has 5 nitrogen and oxygen atoms in total. The second-order valence-corrected chi connectivity index (χ2v) is 6.24. The number of rotatable bonds is 8. The molecule has 1 aromatic rings. The number of likely N-dealkylation sites (tertiary alicyclic amines) is 1. The summed E-state index contributed by atoms with van der Waals surface area (Å²) in [6, 6.07) is 9.91. The lowest BCUT2D eigenvalue weighted by Gasteiger charge is -2.19. The lowest BCUT2D eigenvalue weighted by molar-refractivity contribution is -0.132. The van der Waals surface area contributed by atoms with E-state index in [4.69, 9.17) is 9.94 Å². The first-order chi connectivity index (χ1) is 10.6. The summed E-state index contributed by atoms with van der Waals surface area (Å²) in [5, 5.41) is 9.08. The molecule has 0 saturated carbocycles. The lowest BCUT2D eigenvalue weighted by atomic mass is 9.93. The van der Waals surface area contributed by atoms with Gasteiger partial charge < -0.3 is 10.0 Å². The molecule has 1 heterocycles. The molecule has 2 N–H and O–H groups in total. The standard InChI is InChI=1S/C17H26N2O3/c1-13(2)10-15-16(11-19(8-9-20)17(15)21)18-22-12-14-6-4-3-5-7-14/h3-7,13,15-16,18,20H,8-12H2,1-2H3/t15-,16-/m0/s1. The van der Waals surface area contributed by atoms with Gasteiger partial charge in [-0.25, -0.2) is 0 Å². The largest absolute Gasteiger partial charge is 0.395 e. The van der Waals surface area contributed by atoms with Crippen molar-refractivity contribution in [2.45, 2.75) is 32.9 Å². The van der Waals surface area contributed by atoms with Gasteiger partial charge in [0.1, 0.15) is 0 Å². The normalized spacial score (nSPS) is 21.8. The van der Waals surface area contributed by atoms with E-state index in [1.165, 1.54) is 0 Å². The quantitative estimate of drug-likeness (QED) is 0.716. The molecule has 1 fully saturated rings. The maximum absolute atomic E-state index is 12.4. The fraction of sp³-hybridized carbons (Fsp3) is 0.588. The first-order valence-corrected chi connectivity index (χ1v) is 7.92. The lowest BCUT2D eigenvalue weighted by Crippen LogP contribution is -2.37. The molecule has 1 aliphatic rings. The fourth-order valence-corrected chi connectivity index (χ4v) is 2.88. The number of carbonyl (C=O) groups excluding carboxylic acids is 1. The third-order valence-electron chi connectivity index (χ3n) is 3.94. The monoisotopic (exact) mass is 306 g/mol. The minimum Gasteiger partial charge on any atom is -0.395 e. The summed E-state index contributed by atoms with van der Waals surface area (Å²) in [6.07, 6.45) is 0.827. The molecule has 0 aromatic heterocycles. The Morgan fingerprint density at radius 3 is 2.73 bits per heavy atom. The van der Waals surface area contributed by atoms with Crippen molar-refractivity contribution in [2.24, 2.45) is 11.8 Å². The molecule has 1 amide bonds. The van der Waals surface area contributed by atoms with Crippen LogP contribution < -0.4 is 5.48 Å². The van der Waals surface area contributed by atoms with E-state index < -0.39 is 0 Å². The van der Waals surface area contributed by atoms with Gasteiger partial charge in [0.05, 0.1) is 25.2 Å². The number of hydrogen-bond acceptors (Lipinski definition) is 4. The molecule has 0 bridgehead atoms. The zero-order valence-corrected chi connectivity index (χ0v) is 13.4. The number of hydrogen-bond donors (Lipinski definition) is 2. The molecule has 1 aromatic carbocycles. The van der Waals surface area contributed by atoms with Crippen LogP contribution in [0.15, 0.2) is 30.3 Å². The molecule has 0 unspecified atom stereocenters. The molecule has 0 aliphatic carbocycles. The van der Waals surface area contributed by atoms with E-state index >= 15 is 0 Å². The molecule has 0 spiro atoms. The van der Waals surface area contributed by atoms with Crippen LogP contribution in [0.5, 0.6) is 0 Å². The second-order valence-electron chi connectivity index (χ2n) is 6.24. The van der Waals surface area contributed by atoms with E-state index in [-0.39, 0.29) is 24.5 Å². The van der Waals surface area contributed by atoms with Crippen molar-refractivity contribution in [2.75, 3.05) is 19.7 Å². The Morgan fingerprint density at radius 2 is 2.09 bits per heavy atom. The number of aliphatic hydroxyl groups excluding tert-OH is 1. The summed E-state index contributed by atoms with van der Waals surface area (Å²) >= 11 is 0. The Hall–Kier alpha value is -1.43. The third-order valence-corrected chi connectivity index (χ3v) is 3.94. The van der Waals surface area contributed by atoms with E-state index in [0.717, 1.165) is 12.0 Å². The Bertz CT molecular complexity index is 464. The zero-order chi connectivity index (χ0) is 15.9. The smallest absolute Gasteiger partial charge is 0.227 e. The van der Waals surface area contributed by atoms with Crippen LogP contribution in [0.4, 0.5) is 0 Å². The molecule has 5 heteroatoms. The predicted molar refractivity (Wildman–Crippen MR) is 84.8 cm³/mol. The Balaban J connectivity index is 1.90. The van der Waals surface area contributed by atoms with Gasteiger partial charge in [-0.3, -0.25) is 9.63 Å². The molecule has 22 heavy (non-hydrogen) atoms. The van der Waals surface area contributed by atoms with Crippen molar-refractivity contribution in [1.29, 1.82) is 0 Å². The van der Waals surface area contributed by atoms with Crippen molar-refractivity contribution >= 4 is 5.91 Å². The van der Waals surface area contributed by atoms with Crippen molar-refractivity contribution in [3.8, 4) is 0 Å². The summed E-state index contributed by atoms with van der Waals surface area (Å²) in [5.41, 5.74) is 4.15. The van der Waals surface area contributed by atoms with Crippen LogP contribution in [0.25, 0.3) is 0 Å². The highest BCUT2D eigenvalue weighted by Crippen LogP contribution is 2.25. The van der Waals surface area contributed by atoms with Crippen LogP contribution in [-0.4, -0.2) is 41.7 Å². The van der Waals surface area contributed by atoms with Crippen LogP contribution >= 0.6 is 0 Å². The van der Waals surface area contributed by atoms with Gasteiger partial charge in [-0.15, -0.1) is 0 Å². The summed E-state index contributed by atoms with van der Waals surface area (Å²) in [4.78, 5) is 19.7. The van der Waals surface area contributed by atoms with Crippen LogP contribution in [0, 0.1) is 11.8 Å². The number of aliphatic hydroxyl groups is 1. The van der Waals surface area contributed by atoms with E-state index in [1.54, 1.807) is 4.90 Å². The van der Waals surface area contributed by atoms with Gasteiger partial charge in [-0.1, -0.05) is 44.2 Å². The maximum atomic E-state index is 12.4. The highest BCUT2D eigenvalue weighted by atomic mass is 16.6. The number of β-amino-alcohol motifs (C(OH)–C–C–N with tert-alkyl or cyclic N) is 1. The highest BCUT2D eigenvalue weighted by Gasteiger charge is 2.40. The van der Waals surface area contributed by atoms with E-state index in [9.17, 15) is 4.79 Å². The van der Waals surface area contributed by atoms with Crippen molar-refractivity contribution in [3.05, 3.63) is 35.9 Å². The van der Waals surface area contributed by atoms with Crippen molar-refractivity contribution in [3.63, 3.8) is 0 Å². The molecule has 0 radical (unpaired) electrons. The average Bonchev–Trinajstić information content (AvgIpc) is 2.77. The minimum absolute atomic E-state index is 0.00225. The zero-order valence-electron chi connectivity index (χ0n) is 13.4. The maximum Gasteiger partial charge on any atom is 0.227 e. The molecule has 122 valence electrons. The van der Waals surface area contributed by atoms with Crippen LogP contribution in [0.2, 0.25) is 0 Å². The molecular formula is C17H26N2O3. The number of nitrogens with zero attached hydrogens (tertiary/aromatic N) is 1. The van der Waals surface area contributed by atoms with E-state index in [2.05, 4.69) is 19.3 Å². The van der Waals surface area contributed by atoms with Crippen LogP contribution in [0.3, 0.4) is 0 Å². The van der Waals surface area contributed by atoms with E-state index in [1.807, 2.05) is 30.3 Å². The SMILES string of the molecule is CC(C)C[C@@H]1C(=O)N(CCO)C[C@@H]1NOCc1ccccc1. The topological polar surface area (TPSA) is 61.8 Å². The van der Waals surface area contributed by atoms with Crippen LogP contribution in [-0.2, 0) is 16.2 Å². The fourth-order valence-electron chi connectivity index (χ4n) is 2.88. The Morgan fingerprint density at radius 1 is 1.36 bits per heavy atom. The van der Waals surface area contributed by atoms with Crippen molar-refractivity contribution in [1.82, 2.24) is 10.4 Å². The summed E-state index contributed by atoms with van der Waals surface area (Å²) < 4.78 is 0. The van der Waals surface area contributed by atoms with Gasteiger partial charge in [0, 0.05) is 13.1 Å². The summed E-state index contributed by atoms with van der Waals surface area (Å²) in [7, 11) is 0. The van der Waals surface area contributed by atoms with Crippen molar-refractivity contribution < 1.29 is 14.7 Å². The highest BCUT2D eigenvalue weighted by molar-refractivity contribution is 5.82. The first-order valence-electron chi connectivity index (χ1n) is 7.92. The number of carbonyl (C=O) groups is 1. The van der Waals surface area contributed by atoms with Gasteiger partial charge in [0.15, 0.2) is 0 Å². The molecule has 2 atom stereocenters. The second kappa shape index (κ2) is 8.27. The number of benzene rings is 1. The van der Waals surface area contributed by atoms with Gasteiger partial charge in [-0.2, -0.15) is 5.48 Å². The average molecular weight is 306 g/mol. The Labute approximate surface area is 132 Å². The number of amides is 1. The third kappa shape index (κ3) is 4.53.